The molecule has 0 radical (unpaired) electrons. The minimum Gasteiger partial charge on any atom is -0.460 e. The van der Waals surface area contributed by atoms with Gasteiger partial charge in [0.05, 0.1) is 20.5 Å². The number of methoxy groups -OCH3 is 1. The first kappa shape index (κ1) is 20.8. The van der Waals surface area contributed by atoms with Crippen LogP contribution in [-0.2, 0) is 33.3 Å². The quantitative estimate of drug-likeness (QED) is 0.255. The van der Waals surface area contributed by atoms with E-state index in [1.165, 1.54) is 7.11 Å². The second-order valence-electron chi connectivity index (χ2n) is 4.60. The third kappa shape index (κ3) is 11.3. The minimum absolute atomic E-state index is 0.163. The first-order chi connectivity index (χ1) is 11.8. The lowest BCUT2D eigenvalue weighted by atomic mass is 10.3. The van der Waals surface area contributed by atoms with Crippen molar-refractivity contribution in [3.63, 3.8) is 0 Å². The Labute approximate surface area is 145 Å². The molecule has 4 atom stereocenters. The summed E-state index contributed by atoms with van der Waals surface area (Å²) in [5.41, 5.74) is 0. The second-order valence-corrected chi connectivity index (χ2v) is 4.87. The van der Waals surface area contributed by atoms with E-state index in [2.05, 4.69) is 10.1 Å². The Hall–Kier alpha value is -1.28. The second kappa shape index (κ2) is 14.1. The fourth-order valence-corrected chi connectivity index (χ4v) is 1.62. The SMILES string of the molecule is [3H]C(P)OC(=O)CNC(=O)CCC(=O)OCC(OC)OC(CC)CO. The van der Waals surface area contributed by atoms with Gasteiger partial charge in [0.15, 0.2) is 6.29 Å². The molecule has 140 valence electrons. The summed E-state index contributed by atoms with van der Waals surface area (Å²) >= 11 is 0. The zero-order chi connectivity index (χ0) is 19.2. The molecule has 0 aromatic rings. The number of carbonyl (C=O) groups is 3. The van der Waals surface area contributed by atoms with Gasteiger partial charge in [0.25, 0.3) is 0 Å². The molecule has 0 aliphatic heterocycles. The summed E-state index contributed by atoms with van der Waals surface area (Å²) in [5, 5.41) is 11.3. The molecule has 0 heterocycles. The van der Waals surface area contributed by atoms with Crippen LogP contribution in [0.3, 0.4) is 0 Å². The Morgan fingerprint density at radius 2 is 1.96 bits per heavy atom. The van der Waals surface area contributed by atoms with E-state index >= 15 is 0 Å². The van der Waals surface area contributed by atoms with Gasteiger partial charge < -0.3 is 29.4 Å². The predicted octanol–water partition coefficient (Wildman–Crippen LogP) is -0.438. The standard InChI is InChI=1S/C14H26NO8P/c1-3-10(7-16)23-14(20-2)8-21-12(18)5-4-11(17)15-6-13(19)22-9-24/h10,14,16H,3-9,24H2,1-2H3,(H,15,17)/i9T. The molecule has 24 heavy (non-hydrogen) atoms. The normalized spacial score (nSPS) is 14.9. The van der Waals surface area contributed by atoms with Crippen LogP contribution in [0.25, 0.3) is 0 Å². The van der Waals surface area contributed by atoms with E-state index in [1.807, 2.05) is 16.2 Å². The third-order valence-corrected chi connectivity index (χ3v) is 2.97. The molecule has 1 amide bonds. The molecular weight excluding hydrogens is 341 g/mol. The molecule has 0 fully saturated rings. The Kier molecular flexibility index (Phi) is 12.2. The molecule has 0 aliphatic rings. The fourth-order valence-electron chi connectivity index (χ4n) is 1.47. The Morgan fingerprint density at radius 3 is 2.50 bits per heavy atom. The molecular formula is C14H26NO8P. The smallest absolute Gasteiger partial charge is 0.325 e. The highest BCUT2D eigenvalue weighted by Crippen LogP contribution is 2.05. The van der Waals surface area contributed by atoms with Crippen LogP contribution in [0.2, 0.25) is 0 Å². The molecule has 0 rings (SSSR count). The summed E-state index contributed by atoms with van der Waals surface area (Å²) in [5.74, 6) is -1.90. The van der Waals surface area contributed by atoms with Gasteiger partial charge in [-0.3, -0.25) is 14.4 Å². The molecule has 0 aromatic carbocycles. The molecule has 4 unspecified atom stereocenters. The van der Waals surface area contributed by atoms with E-state index in [0.717, 1.165) is 0 Å². The van der Waals surface area contributed by atoms with Crippen molar-refractivity contribution in [2.45, 2.75) is 38.6 Å². The van der Waals surface area contributed by atoms with Crippen LogP contribution in [0.4, 0.5) is 0 Å². The first-order valence-electron chi connectivity index (χ1n) is 7.98. The number of carbonyl (C=O) groups excluding carboxylic acids is 3. The number of hydrogen-bond donors (Lipinski definition) is 2. The maximum absolute atomic E-state index is 11.6. The average Bonchev–Trinajstić information content (AvgIpc) is 2.57. The molecule has 0 spiro atoms. The number of aliphatic hydroxyl groups excluding tert-OH is 1. The molecule has 2 N–H and O–H groups in total. The highest BCUT2D eigenvalue weighted by Gasteiger charge is 2.17. The Morgan fingerprint density at radius 1 is 1.25 bits per heavy atom. The summed E-state index contributed by atoms with van der Waals surface area (Å²) in [6, 6.07) is 0. The van der Waals surface area contributed by atoms with Crippen molar-refractivity contribution in [1.82, 2.24) is 5.32 Å². The van der Waals surface area contributed by atoms with Gasteiger partial charge in [0.1, 0.15) is 19.5 Å². The van der Waals surface area contributed by atoms with Crippen molar-refractivity contribution in [1.29, 1.82) is 0 Å². The van der Waals surface area contributed by atoms with E-state index in [0.29, 0.717) is 6.42 Å². The van der Waals surface area contributed by atoms with E-state index in [1.54, 1.807) is 0 Å². The fraction of sp³-hybridized carbons (Fsp3) is 0.786. The lowest BCUT2D eigenvalue weighted by Crippen LogP contribution is -2.32. The number of aliphatic hydroxyl groups is 1. The zero-order valence-corrected chi connectivity index (χ0v) is 15.0. The molecule has 0 aliphatic carbocycles. The number of nitrogens with one attached hydrogen (secondary N) is 1. The summed E-state index contributed by atoms with van der Waals surface area (Å²) in [6.07, 6.45) is -2.09. The lowest BCUT2D eigenvalue weighted by molar-refractivity contribution is -0.194. The largest absolute Gasteiger partial charge is 0.460 e. The van der Waals surface area contributed by atoms with Crippen molar-refractivity contribution >= 4 is 27.1 Å². The monoisotopic (exact) mass is 369 g/mol. The van der Waals surface area contributed by atoms with Crippen LogP contribution in [0.1, 0.15) is 27.6 Å². The summed E-state index contributed by atoms with van der Waals surface area (Å²) in [4.78, 5) is 34.2. The van der Waals surface area contributed by atoms with Gasteiger partial charge in [-0.25, -0.2) is 0 Å². The van der Waals surface area contributed by atoms with Crippen LogP contribution in [-0.4, -0.2) is 68.5 Å². The Bertz CT molecular complexity index is 420. The van der Waals surface area contributed by atoms with E-state index in [-0.39, 0.29) is 32.6 Å². The van der Waals surface area contributed by atoms with E-state index in [4.69, 9.17) is 20.7 Å². The summed E-state index contributed by atoms with van der Waals surface area (Å²) in [6.45, 7) is 1.11. The molecule has 0 aromatic heterocycles. The lowest BCUT2D eigenvalue weighted by Gasteiger charge is -2.21. The van der Waals surface area contributed by atoms with Gasteiger partial charge >= 0.3 is 11.9 Å². The number of hydrogen-bond acceptors (Lipinski definition) is 8. The van der Waals surface area contributed by atoms with Gasteiger partial charge in [0.2, 0.25) is 5.91 Å². The molecule has 10 heteroatoms. The summed E-state index contributed by atoms with van der Waals surface area (Å²) < 4.78 is 26.8. The van der Waals surface area contributed by atoms with Crippen LogP contribution < -0.4 is 5.32 Å². The van der Waals surface area contributed by atoms with Crippen molar-refractivity contribution in [3.05, 3.63) is 0 Å². The molecule has 0 saturated heterocycles. The van der Waals surface area contributed by atoms with Crippen LogP contribution in [0.5, 0.6) is 0 Å². The number of rotatable bonds is 13. The number of ether oxygens (including phenoxy) is 4. The maximum atomic E-state index is 11.6. The van der Waals surface area contributed by atoms with Gasteiger partial charge in [-0.15, -0.1) is 0 Å². The third-order valence-electron chi connectivity index (χ3n) is 2.83. The van der Waals surface area contributed by atoms with Crippen LogP contribution >= 0.6 is 9.24 Å². The first-order valence-corrected chi connectivity index (χ1v) is 8.07. The number of esters is 2. The average molecular weight is 369 g/mol. The van der Waals surface area contributed by atoms with E-state index < -0.39 is 36.6 Å². The van der Waals surface area contributed by atoms with Gasteiger partial charge in [0, 0.05) is 13.5 Å². The molecule has 0 saturated carbocycles. The van der Waals surface area contributed by atoms with Crippen molar-refractivity contribution in [3.8, 4) is 0 Å². The predicted molar refractivity (Wildman–Crippen MR) is 86.9 cm³/mol. The molecule has 0 bridgehead atoms. The van der Waals surface area contributed by atoms with Gasteiger partial charge in [-0.2, -0.15) is 0 Å². The number of amides is 1. The van der Waals surface area contributed by atoms with Crippen LogP contribution in [0.15, 0.2) is 0 Å². The topological polar surface area (TPSA) is 120 Å². The Balaban J connectivity index is 3.97. The highest BCUT2D eigenvalue weighted by molar-refractivity contribution is 7.16. The van der Waals surface area contributed by atoms with Crippen molar-refractivity contribution < 1.29 is 39.8 Å². The van der Waals surface area contributed by atoms with E-state index in [9.17, 15) is 14.4 Å². The summed E-state index contributed by atoms with van der Waals surface area (Å²) in [7, 11) is 3.34. The van der Waals surface area contributed by atoms with Crippen LogP contribution in [0, 0.1) is 0 Å². The van der Waals surface area contributed by atoms with Crippen molar-refractivity contribution in [2.75, 3.05) is 33.2 Å². The highest BCUT2D eigenvalue weighted by atomic mass is 31.0. The minimum atomic E-state index is -1.09. The molecule has 9 nitrogen and oxygen atoms in total. The van der Waals surface area contributed by atoms with Gasteiger partial charge in [-0.05, 0) is 6.42 Å². The van der Waals surface area contributed by atoms with Crippen molar-refractivity contribution in [2.24, 2.45) is 0 Å². The zero-order valence-electron chi connectivity index (χ0n) is 14.9. The van der Waals surface area contributed by atoms with Gasteiger partial charge in [-0.1, -0.05) is 16.2 Å². The maximum Gasteiger partial charge on any atom is 0.325 e.